The van der Waals surface area contributed by atoms with Crippen LogP contribution in [0.25, 0.3) is 21.8 Å². The Balaban J connectivity index is 1.43. The van der Waals surface area contributed by atoms with Gasteiger partial charge >= 0.3 is 0 Å². The minimum absolute atomic E-state index is 0.221. The van der Waals surface area contributed by atoms with Crippen molar-refractivity contribution in [1.82, 2.24) is 20.0 Å². The molecule has 5 aromatic rings. The normalized spacial score (nSPS) is 11.2. The number of aromatic nitrogens is 3. The fourth-order valence-electron chi connectivity index (χ4n) is 3.98. The van der Waals surface area contributed by atoms with E-state index >= 15 is 0 Å². The number of aryl methyl sites for hydroxylation is 3. The van der Waals surface area contributed by atoms with Crippen LogP contribution in [-0.4, -0.2) is 20.6 Å². The van der Waals surface area contributed by atoms with Crippen molar-refractivity contribution >= 4 is 27.7 Å². The molecule has 2 aromatic heterocycles. The average Bonchev–Trinajstić information content (AvgIpc) is 3.33. The number of fused-ring (bicyclic) bond motifs is 2. The first-order valence-corrected chi connectivity index (χ1v) is 10.8. The fraction of sp³-hybridized carbons (Fsp3) is 0.192. The molecule has 0 aliphatic heterocycles. The number of carbonyl (C=O) groups is 1. The Morgan fingerprint density at radius 1 is 1.06 bits per heavy atom. The van der Waals surface area contributed by atoms with Gasteiger partial charge < -0.3 is 19.1 Å². The van der Waals surface area contributed by atoms with Gasteiger partial charge in [-0.3, -0.25) is 4.79 Å². The molecule has 166 valence electrons. The van der Waals surface area contributed by atoms with Gasteiger partial charge in [-0.2, -0.15) is 0 Å². The molecule has 0 saturated carbocycles. The first-order chi connectivity index (χ1) is 16.0. The maximum atomic E-state index is 13.2. The topological polar surface area (TPSA) is 82.2 Å². The lowest BCUT2D eigenvalue weighted by molar-refractivity contribution is 0.0945. The molecule has 33 heavy (non-hydrogen) atoms. The van der Waals surface area contributed by atoms with E-state index < -0.39 is 0 Å². The number of nitrogens with one attached hydrogen (secondary N) is 1. The Hall–Kier alpha value is -4.13. The maximum Gasteiger partial charge on any atom is 0.255 e. The summed E-state index contributed by atoms with van der Waals surface area (Å²) in [7, 11) is 1.95. The molecule has 1 N–H and O–H groups in total. The molecule has 0 bridgehead atoms. The second kappa shape index (κ2) is 8.43. The number of nitrogens with zero attached hydrogens (tertiary/aromatic N) is 3. The van der Waals surface area contributed by atoms with Gasteiger partial charge in [0.1, 0.15) is 23.9 Å². The predicted molar refractivity (Wildman–Crippen MR) is 126 cm³/mol. The van der Waals surface area contributed by atoms with Gasteiger partial charge in [0.15, 0.2) is 0 Å². The lowest BCUT2D eigenvalue weighted by Crippen LogP contribution is -2.25. The molecule has 0 aliphatic carbocycles. The molecular formula is C26H24N4O3. The molecule has 0 saturated heterocycles. The zero-order chi connectivity index (χ0) is 22.9. The summed E-state index contributed by atoms with van der Waals surface area (Å²) in [5, 5.41) is 8.95. The number of para-hydroxylation sites is 2. The lowest BCUT2D eigenvalue weighted by atomic mass is 10.1. The predicted octanol–water partition coefficient (Wildman–Crippen LogP) is 4.84. The van der Waals surface area contributed by atoms with E-state index in [-0.39, 0.29) is 12.5 Å². The monoisotopic (exact) mass is 440 g/mol. The van der Waals surface area contributed by atoms with Crippen LogP contribution in [0.5, 0.6) is 5.75 Å². The quantitative estimate of drug-likeness (QED) is 0.409. The minimum atomic E-state index is -0.221. The van der Waals surface area contributed by atoms with Crippen LogP contribution in [0, 0.1) is 13.8 Å². The summed E-state index contributed by atoms with van der Waals surface area (Å²) in [5.74, 6) is 1.78. The first-order valence-electron chi connectivity index (χ1n) is 10.8. The van der Waals surface area contributed by atoms with Crippen LogP contribution in [0.1, 0.15) is 33.2 Å². The van der Waals surface area contributed by atoms with E-state index in [0.29, 0.717) is 23.6 Å². The van der Waals surface area contributed by atoms with Crippen LogP contribution in [0.15, 0.2) is 65.2 Å². The van der Waals surface area contributed by atoms with Crippen molar-refractivity contribution in [3.05, 3.63) is 89.1 Å². The van der Waals surface area contributed by atoms with Crippen LogP contribution >= 0.6 is 0 Å². The average molecular weight is 441 g/mol. The molecule has 3 aromatic carbocycles. The van der Waals surface area contributed by atoms with Gasteiger partial charge in [-0.25, -0.2) is 4.98 Å². The van der Waals surface area contributed by atoms with E-state index in [9.17, 15) is 4.79 Å². The zero-order valence-corrected chi connectivity index (χ0v) is 18.8. The Morgan fingerprint density at radius 3 is 2.52 bits per heavy atom. The SMILES string of the molecule is Cc1noc(C)c1COc1cc2ccccc2cc1C(=O)NCc1nc2ccccc2n1C. The van der Waals surface area contributed by atoms with E-state index in [0.717, 1.165) is 38.9 Å². The van der Waals surface area contributed by atoms with Crippen LogP contribution in [0.4, 0.5) is 0 Å². The summed E-state index contributed by atoms with van der Waals surface area (Å²) in [6.45, 7) is 4.30. The highest BCUT2D eigenvalue weighted by atomic mass is 16.5. The van der Waals surface area contributed by atoms with Crippen molar-refractivity contribution in [2.24, 2.45) is 7.05 Å². The summed E-state index contributed by atoms with van der Waals surface area (Å²) in [5.41, 5.74) is 4.06. The lowest BCUT2D eigenvalue weighted by Gasteiger charge is -2.13. The van der Waals surface area contributed by atoms with Crippen molar-refractivity contribution in [3.8, 4) is 5.75 Å². The van der Waals surface area contributed by atoms with E-state index in [1.807, 2.05) is 86.1 Å². The minimum Gasteiger partial charge on any atom is -0.488 e. The molecule has 1 amide bonds. The second-order valence-electron chi connectivity index (χ2n) is 8.05. The van der Waals surface area contributed by atoms with Crippen LogP contribution < -0.4 is 10.1 Å². The van der Waals surface area contributed by atoms with Gasteiger partial charge in [0.2, 0.25) is 0 Å². The van der Waals surface area contributed by atoms with E-state index in [1.165, 1.54) is 0 Å². The van der Waals surface area contributed by atoms with Crippen molar-refractivity contribution in [2.45, 2.75) is 27.0 Å². The largest absolute Gasteiger partial charge is 0.488 e. The molecular weight excluding hydrogens is 416 g/mol. The summed E-state index contributed by atoms with van der Waals surface area (Å²) in [6.07, 6.45) is 0. The Morgan fingerprint density at radius 2 is 1.79 bits per heavy atom. The standard InChI is InChI=1S/C26H24N4O3/c1-16-21(17(2)33-29-16)15-32-24-13-19-9-5-4-8-18(19)12-20(24)26(31)27-14-25-28-22-10-6-7-11-23(22)30(25)3/h4-13H,14-15H2,1-3H3,(H,27,31). The number of amides is 1. The molecule has 0 atom stereocenters. The Labute approximate surface area is 191 Å². The van der Waals surface area contributed by atoms with Crippen molar-refractivity contribution in [2.75, 3.05) is 0 Å². The number of ether oxygens (including phenoxy) is 1. The van der Waals surface area contributed by atoms with E-state index in [4.69, 9.17) is 9.26 Å². The smallest absolute Gasteiger partial charge is 0.255 e. The summed E-state index contributed by atoms with van der Waals surface area (Å²) in [4.78, 5) is 17.9. The third kappa shape index (κ3) is 3.93. The third-order valence-corrected chi connectivity index (χ3v) is 5.93. The molecule has 0 spiro atoms. The zero-order valence-electron chi connectivity index (χ0n) is 18.8. The van der Waals surface area contributed by atoms with Gasteiger partial charge in [-0.05, 0) is 48.9 Å². The molecule has 2 heterocycles. The highest BCUT2D eigenvalue weighted by Gasteiger charge is 2.17. The summed E-state index contributed by atoms with van der Waals surface area (Å²) >= 11 is 0. The van der Waals surface area contributed by atoms with Gasteiger partial charge in [0, 0.05) is 7.05 Å². The fourth-order valence-corrected chi connectivity index (χ4v) is 3.98. The number of imidazole rings is 1. The Kier molecular flexibility index (Phi) is 5.30. The van der Waals surface area contributed by atoms with Gasteiger partial charge in [0.25, 0.3) is 5.91 Å². The van der Waals surface area contributed by atoms with Crippen molar-refractivity contribution in [3.63, 3.8) is 0 Å². The Bertz CT molecular complexity index is 1460. The van der Waals surface area contributed by atoms with Gasteiger partial charge in [-0.15, -0.1) is 0 Å². The second-order valence-corrected chi connectivity index (χ2v) is 8.05. The highest BCUT2D eigenvalue weighted by molar-refractivity contribution is 6.01. The van der Waals surface area contributed by atoms with Gasteiger partial charge in [0.05, 0.1) is 34.4 Å². The molecule has 0 unspecified atom stereocenters. The number of benzene rings is 3. The molecule has 5 rings (SSSR count). The molecule has 0 aliphatic rings. The summed E-state index contributed by atoms with van der Waals surface area (Å²) in [6, 6.07) is 19.6. The third-order valence-electron chi connectivity index (χ3n) is 5.93. The van der Waals surface area contributed by atoms with Crippen LogP contribution in [0.3, 0.4) is 0 Å². The molecule has 7 nitrogen and oxygen atoms in total. The van der Waals surface area contributed by atoms with Gasteiger partial charge in [-0.1, -0.05) is 41.6 Å². The number of hydrogen-bond donors (Lipinski definition) is 1. The van der Waals surface area contributed by atoms with Crippen LogP contribution in [0.2, 0.25) is 0 Å². The number of rotatable bonds is 6. The van der Waals surface area contributed by atoms with Crippen molar-refractivity contribution < 1.29 is 14.1 Å². The van der Waals surface area contributed by atoms with E-state index in [2.05, 4.69) is 15.5 Å². The number of hydrogen-bond acceptors (Lipinski definition) is 5. The first kappa shape index (κ1) is 20.8. The molecule has 0 fully saturated rings. The molecule has 7 heteroatoms. The maximum absolute atomic E-state index is 13.2. The van der Waals surface area contributed by atoms with Crippen molar-refractivity contribution in [1.29, 1.82) is 0 Å². The van der Waals surface area contributed by atoms with E-state index in [1.54, 1.807) is 0 Å². The summed E-state index contributed by atoms with van der Waals surface area (Å²) < 4.78 is 13.3. The molecule has 0 radical (unpaired) electrons. The van der Waals surface area contributed by atoms with Crippen LogP contribution in [-0.2, 0) is 20.2 Å². The highest BCUT2D eigenvalue weighted by Crippen LogP contribution is 2.28. The number of carbonyl (C=O) groups excluding carboxylic acids is 1.